The fourth-order valence-electron chi connectivity index (χ4n) is 0.952. The Bertz CT molecular complexity index is 473. The van der Waals surface area contributed by atoms with Gasteiger partial charge >= 0.3 is 5.69 Å². The van der Waals surface area contributed by atoms with E-state index in [0.717, 1.165) is 25.1 Å². The monoisotopic (exact) mass is 226 g/mol. The lowest BCUT2D eigenvalue weighted by Crippen LogP contribution is -2.19. The van der Waals surface area contributed by atoms with Gasteiger partial charge in [-0.15, -0.1) is 0 Å². The van der Waals surface area contributed by atoms with E-state index in [4.69, 9.17) is 0 Å². The highest BCUT2D eigenvalue weighted by molar-refractivity contribution is 6.39. The van der Waals surface area contributed by atoms with Crippen LogP contribution in [0.4, 0.5) is 15.8 Å². The molecule has 1 aromatic rings. The number of Topliss-reactive ketones (excluding diaryl/α,β-unsaturated/α-hetero) is 1. The van der Waals surface area contributed by atoms with Gasteiger partial charge in [-0.1, -0.05) is 0 Å². The van der Waals surface area contributed by atoms with Crippen LogP contribution in [0.5, 0.6) is 0 Å². The number of nitrogens with one attached hydrogen (secondary N) is 1. The zero-order chi connectivity index (χ0) is 12.3. The molecule has 0 aliphatic carbocycles. The van der Waals surface area contributed by atoms with Crippen molar-refractivity contribution < 1.29 is 18.9 Å². The third kappa shape index (κ3) is 2.59. The van der Waals surface area contributed by atoms with E-state index in [9.17, 15) is 24.1 Å². The number of nitro benzene ring substituents is 1. The first-order valence-corrected chi connectivity index (χ1v) is 4.17. The zero-order valence-electron chi connectivity index (χ0n) is 8.19. The molecule has 1 amide bonds. The quantitative estimate of drug-likeness (QED) is 0.477. The topological polar surface area (TPSA) is 89.3 Å². The van der Waals surface area contributed by atoms with Crippen LogP contribution in [0.1, 0.15) is 6.92 Å². The smallest absolute Gasteiger partial charge is 0.304 e. The molecule has 0 fully saturated rings. The highest BCUT2D eigenvalue weighted by Gasteiger charge is 2.15. The molecule has 0 atom stereocenters. The number of rotatable bonds is 3. The first-order chi connectivity index (χ1) is 7.41. The molecule has 0 heterocycles. The van der Waals surface area contributed by atoms with E-state index in [2.05, 4.69) is 5.32 Å². The van der Waals surface area contributed by atoms with Gasteiger partial charge in [-0.2, -0.15) is 4.39 Å². The van der Waals surface area contributed by atoms with Crippen molar-refractivity contribution >= 4 is 23.1 Å². The van der Waals surface area contributed by atoms with E-state index in [1.54, 1.807) is 0 Å². The van der Waals surface area contributed by atoms with Crippen LogP contribution in [0, 0.1) is 15.9 Å². The molecule has 1 N–H and O–H groups in total. The van der Waals surface area contributed by atoms with Crippen LogP contribution in [-0.2, 0) is 9.59 Å². The summed E-state index contributed by atoms with van der Waals surface area (Å²) in [7, 11) is 0. The molecule has 0 unspecified atom stereocenters. The van der Waals surface area contributed by atoms with Crippen molar-refractivity contribution in [2.45, 2.75) is 6.92 Å². The minimum Gasteiger partial charge on any atom is -0.319 e. The van der Waals surface area contributed by atoms with E-state index >= 15 is 0 Å². The van der Waals surface area contributed by atoms with Gasteiger partial charge in [-0.25, -0.2) is 0 Å². The lowest BCUT2D eigenvalue weighted by Gasteiger charge is -2.02. The molecule has 16 heavy (non-hydrogen) atoms. The normalized spacial score (nSPS) is 9.62. The van der Waals surface area contributed by atoms with Gasteiger partial charge in [0.25, 0.3) is 5.91 Å². The second-order valence-electron chi connectivity index (χ2n) is 2.93. The summed E-state index contributed by atoms with van der Waals surface area (Å²) in [5, 5.41) is 12.4. The summed E-state index contributed by atoms with van der Waals surface area (Å²) in [5.41, 5.74) is -0.705. The van der Waals surface area contributed by atoms with Crippen LogP contribution in [0.15, 0.2) is 18.2 Å². The van der Waals surface area contributed by atoms with Crippen molar-refractivity contribution in [1.82, 2.24) is 0 Å². The minimum absolute atomic E-state index is 0.0108. The van der Waals surface area contributed by atoms with E-state index in [1.807, 2.05) is 0 Å². The Morgan fingerprint density at radius 2 is 2.06 bits per heavy atom. The highest BCUT2D eigenvalue weighted by atomic mass is 19.1. The van der Waals surface area contributed by atoms with Crippen molar-refractivity contribution in [3.8, 4) is 0 Å². The molecule has 1 rings (SSSR count). The van der Waals surface area contributed by atoms with Gasteiger partial charge in [0.2, 0.25) is 11.6 Å². The Kier molecular flexibility index (Phi) is 3.29. The number of ketones is 1. The summed E-state index contributed by atoms with van der Waals surface area (Å²) in [5.74, 6) is -2.72. The Morgan fingerprint density at radius 3 is 2.50 bits per heavy atom. The van der Waals surface area contributed by atoms with Gasteiger partial charge in [0, 0.05) is 24.7 Å². The third-order valence-electron chi connectivity index (χ3n) is 1.72. The van der Waals surface area contributed by atoms with E-state index in [-0.39, 0.29) is 5.69 Å². The summed E-state index contributed by atoms with van der Waals surface area (Å²) < 4.78 is 13.1. The average molecular weight is 226 g/mol. The van der Waals surface area contributed by atoms with Crippen molar-refractivity contribution in [3.05, 3.63) is 34.1 Å². The molecule has 1 aromatic carbocycles. The van der Waals surface area contributed by atoms with Crippen molar-refractivity contribution in [3.63, 3.8) is 0 Å². The molecule has 7 heteroatoms. The van der Waals surface area contributed by atoms with Gasteiger partial charge in [0.1, 0.15) is 0 Å². The molecule has 0 bridgehead atoms. The van der Waals surface area contributed by atoms with Gasteiger partial charge in [0.15, 0.2) is 0 Å². The fourth-order valence-corrected chi connectivity index (χ4v) is 0.952. The second-order valence-corrected chi connectivity index (χ2v) is 2.93. The predicted octanol–water partition coefficient (Wildman–Crippen LogP) is 1.26. The van der Waals surface area contributed by atoms with Crippen LogP contribution in [0.2, 0.25) is 0 Å². The number of hydrogen-bond donors (Lipinski definition) is 1. The van der Waals surface area contributed by atoms with Crippen LogP contribution in [-0.4, -0.2) is 16.6 Å². The molecule has 6 nitrogen and oxygen atoms in total. The summed E-state index contributed by atoms with van der Waals surface area (Å²) in [6.45, 7) is 1.05. The fraction of sp³-hybridized carbons (Fsp3) is 0.111. The summed E-state index contributed by atoms with van der Waals surface area (Å²) in [4.78, 5) is 30.9. The van der Waals surface area contributed by atoms with Crippen LogP contribution in [0.25, 0.3) is 0 Å². The highest BCUT2D eigenvalue weighted by Crippen LogP contribution is 2.20. The van der Waals surface area contributed by atoms with Crippen molar-refractivity contribution in [2.24, 2.45) is 0 Å². The van der Waals surface area contributed by atoms with Gasteiger partial charge in [0.05, 0.1) is 4.92 Å². The molecule has 0 radical (unpaired) electrons. The molecular formula is C9H7FN2O4. The summed E-state index contributed by atoms with van der Waals surface area (Å²) in [6, 6.07) is 2.83. The molecular weight excluding hydrogens is 219 g/mol. The van der Waals surface area contributed by atoms with Crippen LogP contribution < -0.4 is 5.32 Å². The number of carbonyl (C=O) groups is 2. The SMILES string of the molecule is CC(=O)C(=O)Nc1ccc([N+](=O)[O-])c(F)c1. The van der Waals surface area contributed by atoms with E-state index in [0.29, 0.717) is 0 Å². The Balaban J connectivity index is 2.94. The lowest BCUT2D eigenvalue weighted by molar-refractivity contribution is -0.387. The third-order valence-corrected chi connectivity index (χ3v) is 1.72. The molecule has 0 aliphatic heterocycles. The Labute approximate surface area is 89.2 Å². The molecule has 0 spiro atoms. The largest absolute Gasteiger partial charge is 0.319 e. The average Bonchev–Trinajstić information content (AvgIpc) is 2.16. The molecule has 0 aromatic heterocycles. The number of halogens is 1. The van der Waals surface area contributed by atoms with Crippen LogP contribution in [0.3, 0.4) is 0 Å². The number of nitrogens with zero attached hydrogens (tertiary/aromatic N) is 1. The predicted molar refractivity (Wildman–Crippen MR) is 52.4 cm³/mol. The molecule has 0 saturated heterocycles. The first kappa shape index (κ1) is 11.8. The number of carbonyl (C=O) groups excluding carboxylic acids is 2. The van der Waals surface area contributed by atoms with Crippen LogP contribution >= 0.6 is 0 Å². The Morgan fingerprint density at radius 1 is 1.44 bits per heavy atom. The van der Waals surface area contributed by atoms with Crippen molar-refractivity contribution in [2.75, 3.05) is 5.32 Å². The second kappa shape index (κ2) is 4.47. The number of benzene rings is 1. The summed E-state index contributed by atoms with van der Waals surface area (Å²) in [6.07, 6.45) is 0. The zero-order valence-corrected chi connectivity index (χ0v) is 8.19. The maximum atomic E-state index is 13.1. The summed E-state index contributed by atoms with van der Waals surface area (Å²) >= 11 is 0. The first-order valence-electron chi connectivity index (χ1n) is 4.17. The number of hydrogen-bond acceptors (Lipinski definition) is 4. The number of anilines is 1. The molecule has 84 valence electrons. The van der Waals surface area contributed by atoms with Gasteiger partial charge < -0.3 is 5.32 Å². The van der Waals surface area contributed by atoms with Gasteiger partial charge in [-0.3, -0.25) is 19.7 Å². The maximum absolute atomic E-state index is 13.1. The Hall–Kier alpha value is -2.31. The van der Waals surface area contributed by atoms with E-state index < -0.39 is 28.1 Å². The van der Waals surface area contributed by atoms with Gasteiger partial charge in [-0.05, 0) is 6.07 Å². The standard InChI is InChI=1S/C9H7FN2O4/c1-5(13)9(14)11-6-2-3-8(12(15)16)7(10)4-6/h2-4H,1H3,(H,11,14). The molecule has 0 saturated carbocycles. The van der Waals surface area contributed by atoms with E-state index in [1.165, 1.54) is 0 Å². The number of amides is 1. The maximum Gasteiger partial charge on any atom is 0.304 e. The molecule has 0 aliphatic rings. The van der Waals surface area contributed by atoms with Crippen molar-refractivity contribution in [1.29, 1.82) is 0 Å². The number of nitro groups is 1. The minimum atomic E-state index is -1.08. The lowest BCUT2D eigenvalue weighted by atomic mass is 10.2.